The van der Waals surface area contributed by atoms with E-state index in [1.165, 1.54) is 62.6 Å². The summed E-state index contributed by atoms with van der Waals surface area (Å²) >= 11 is 6.57. The van der Waals surface area contributed by atoms with E-state index in [0.717, 1.165) is 62.1 Å². The molecule has 5 aliphatic rings. The van der Waals surface area contributed by atoms with Gasteiger partial charge in [0.25, 0.3) is 0 Å². The summed E-state index contributed by atoms with van der Waals surface area (Å²) in [5.41, 5.74) is 13.6. The Balaban J connectivity index is 0.000000192. The number of aromatic nitrogens is 2. The second-order valence-electron chi connectivity index (χ2n) is 22.6. The number of halogens is 5. The highest BCUT2D eigenvalue weighted by Crippen LogP contribution is 2.59. The van der Waals surface area contributed by atoms with E-state index in [-0.39, 0.29) is 27.7 Å². The van der Waals surface area contributed by atoms with Crippen molar-refractivity contribution in [1.29, 1.82) is 0 Å². The fourth-order valence-corrected chi connectivity index (χ4v) is 14.0. The number of piperidine rings is 1. The molecule has 5 aromatic rings. The van der Waals surface area contributed by atoms with Crippen LogP contribution in [-0.4, -0.2) is 59.5 Å². The van der Waals surface area contributed by atoms with E-state index in [0.29, 0.717) is 99.7 Å². The highest BCUT2D eigenvalue weighted by Gasteiger charge is 2.53. The van der Waals surface area contributed by atoms with Crippen LogP contribution in [0.1, 0.15) is 137 Å². The van der Waals surface area contributed by atoms with Gasteiger partial charge in [-0.3, -0.25) is 4.68 Å². The first-order valence-electron chi connectivity index (χ1n) is 27.3. The Morgan fingerprint density at radius 2 is 1.69 bits per heavy atom. The number of rotatable bonds is 16. The molecule has 1 aromatic heterocycles. The third-order valence-corrected chi connectivity index (χ3v) is 18.3. The molecule has 2 atom stereocenters. The summed E-state index contributed by atoms with van der Waals surface area (Å²) in [7, 11) is 3.86. The molecule has 2 saturated heterocycles. The molecular weight excluding hydrogens is 968 g/mol. The molecule has 2 unspecified atom stereocenters. The van der Waals surface area contributed by atoms with E-state index in [4.69, 9.17) is 17.3 Å². The molecule has 3 aliphatic carbocycles. The Hall–Kier alpha value is -5.56. The van der Waals surface area contributed by atoms with Crippen LogP contribution in [0.3, 0.4) is 0 Å². The van der Waals surface area contributed by atoms with Crippen molar-refractivity contribution in [3.05, 3.63) is 160 Å². The van der Waals surface area contributed by atoms with E-state index in [9.17, 15) is 0 Å². The second-order valence-corrected chi connectivity index (χ2v) is 23.0. The van der Waals surface area contributed by atoms with Gasteiger partial charge in [-0.15, -0.1) is 0 Å². The molecular formula is C62H77ClF4N8. The van der Waals surface area contributed by atoms with Gasteiger partial charge in [0.05, 0.1) is 10.4 Å². The van der Waals surface area contributed by atoms with Gasteiger partial charge in [0.2, 0.25) is 0 Å². The van der Waals surface area contributed by atoms with Crippen molar-refractivity contribution in [2.24, 2.45) is 18.2 Å². The molecule has 400 valence electrons. The molecule has 8 nitrogen and oxygen atoms in total. The van der Waals surface area contributed by atoms with Crippen molar-refractivity contribution >= 4 is 34.0 Å². The van der Waals surface area contributed by atoms with E-state index in [1.54, 1.807) is 37.0 Å². The molecule has 75 heavy (non-hydrogen) atoms. The molecule has 3 heterocycles. The van der Waals surface area contributed by atoms with Crippen molar-refractivity contribution in [2.45, 2.75) is 140 Å². The van der Waals surface area contributed by atoms with Crippen LogP contribution in [0, 0.1) is 28.7 Å². The van der Waals surface area contributed by atoms with Crippen LogP contribution in [-0.2, 0) is 31.7 Å². The fourth-order valence-electron chi connectivity index (χ4n) is 13.7. The number of hydrogen-bond acceptors (Lipinski definition) is 7. The quantitative estimate of drug-likeness (QED) is 0.0579. The number of aryl methyl sites for hydroxylation is 2. The zero-order valence-electron chi connectivity index (χ0n) is 44.8. The third-order valence-electron chi connectivity index (χ3n) is 18.0. The first-order valence-corrected chi connectivity index (χ1v) is 27.7. The van der Waals surface area contributed by atoms with Gasteiger partial charge in [0.15, 0.2) is 11.6 Å². The lowest BCUT2D eigenvalue weighted by Gasteiger charge is -2.39. The number of hydrogen-bond donors (Lipinski definition) is 4. The predicted octanol–water partition coefficient (Wildman–Crippen LogP) is 13.6. The Labute approximate surface area is 447 Å². The molecule has 2 bridgehead atoms. The first-order chi connectivity index (χ1) is 36.0. The number of nitrogens with one attached hydrogen (secondary N) is 3. The predicted molar refractivity (Wildman–Crippen MR) is 301 cm³/mol. The molecule has 0 spiro atoms. The molecule has 5 N–H and O–H groups in total. The largest absolute Gasteiger partial charge is 0.398 e. The Bertz CT molecular complexity index is 2980. The van der Waals surface area contributed by atoms with Crippen molar-refractivity contribution < 1.29 is 17.6 Å². The van der Waals surface area contributed by atoms with Crippen molar-refractivity contribution in [3.63, 3.8) is 0 Å². The zero-order chi connectivity index (χ0) is 53.4. The Morgan fingerprint density at radius 1 is 0.960 bits per heavy atom. The first kappa shape index (κ1) is 54.2. The van der Waals surface area contributed by atoms with Gasteiger partial charge in [-0.05, 0) is 162 Å². The summed E-state index contributed by atoms with van der Waals surface area (Å²) in [6.07, 6.45) is 18.5. The molecule has 2 aliphatic heterocycles. The van der Waals surface area contributed by atoms with Crippen molar-refractivity contribution in [2.75, 3.05) is 38.1 Å². The molecule has 13 heteroatoms. The summed E-state index contributed by atoms with van der Waals surface area (Å²) in [6.45, 7) is 21.1. The lowest BCUT2D eigenvalue weighted by Crippen LogP contribution is -2.43. The van der Waals surface area contributed by atoms with Crippen LogP contribution in [0.2, 0.25) is 5.02 Å². The molecule has 0 radical (unpaired) electrons. The van der Waals surface area contributed by atoms with E-state index in [2.05, 4.69) is 71.8 Å². The maximum atomic E-state index is 16.2. The highest BCUT2D eigenvalue weighted by atomic mass is 35.5. The summed E-state index contributed by atoms with van der Waals surface area (Å²) in [6, 6.07) is 17.3. The number of allylic oxidation sites excluding steroid dienone is 1. The number of benzene rings is 4. The van der Waals surface area contributed by atoms with Gasteiger partial charge in [-0.2, -0.15) is 5.10 Å². The van der Waals surface area contributed by atoms with Crippen LogP contribution < -0.4 is 26.6 Å². The van der Waals surface area contributed by atoms with Gasteiger partial charge in [-0.1, -0.05) is 100 Å². The lowest BCUT2D eigenvalue weighted by atomic mass is 9.78. The van der Waals surface area contributed by atoms with Crippen molar-refractivity contribution in [1.82, 2.24) is 30.6 Å². The lowest BCUT2D eigenvalue weighted by molar-refractivity contribution is 0.119. The average Bonchev–Trinajstić information content (AvgIpc) is 4.16. The highest BCUT2D eigenvalue weighted by molar-refractivity contribution is 6.34. The van der Waals surface area contributed by atoms with Gasteiger partial charge < -0.3 is 31.5 Å². The van der Waals surface area contributed by atoms with Crippen LogP contribution in [0.25, 0.3) is 27.7 Å². The number of anilines is 1. The molecule has 4 aromatic carbocycles. The van der Waals surface area contributed by atoms with Crippen molar-refractivity contribution in [3.8, 4) is 11.1 Å². The van der Waals surface area contributed by atoms with Gasteiger partial charge in [0.1, 0.15) is 28.8 Å². The summed E-state index contributed by atoms with van der Waals surface area (Å²) < 4.78 is 64.6. The fraction of sp³-hybridized carbons (Fsp3) is 0.468. The summed E-state index contributed by atoms with van der Waals surface area (Å²) in [5.74, 6) is -0.850. The minimum Gasteiger partial charge on any atom is -0.398 e. The molecule has 0 amide bonds. The normalized spacial score (nSPS) is 23.3. The van der Waals surface area contributed by atoms with Crippen LogP contribution in [0.15, 0.2) is 98.1 Å². The summed E-state index contributed by atoms with van der Waals surface area (Å²) in [5, 5.41) is 15.1. The maximum Gasteiger partial charge on any atom is 0.164 e. The smallest absolute Gasteiger partial charge is 0.164 e. The van der Waals surface area contributed by atoms with Gasteiger partial charge >= 0.3 is 0 Å². The molecule has 10 rings (SSSR count). The standard InChI is InChI=1S/C34H49F2N7.C28H28ClF2N/c1-6-38-17-8-26(7-12-33-13-15-34(22-33,37-4)16-14-33)42-18-10-25(11-19-42)29-28(35)21-27-31(30(29)36)41(5)40-32(27)43-20-9-23(2)39-24(43)3;1-4-9-17-12-13-20(23(32)5-2)25(27(17)31)24-21-16-28(3,19-10-7-6-8-11-19)15-18(21)14-22(30)26(24)29/h6,21,25-26,37-39H,1-3,7-20,22H2,4-5H3;5-8,10-14H,4,9,15-16,32H2,1-3H3/b;23-5-. The monoisotopic (exact) mass is 1040 g/mol. The topological polar surface area (TPSA) is 86.4 Å². The van der Waals surface area contributed by atoms with Crippen LogP contribution in [0.5, 0.6) is 0 Å². The van der Waals surface area contributed by atoms with E-state index in [1.807, 2.05) is 36.1 Å². The Kier molecular flexibility index (Phi) is 16.0. The van der Waals surface area contributed by atoms with Crippen LogP contribution >= 0.6 is 11.6 Å². The maximum absolute atomic E-state index is 16.2. The number of nitrogens with two attached hydrogens (primary N) is 1. The number of fused-ring (bicyclic) bond motifs is 4. The molecule has 4 fully saturated rings. The van der Waals surface area contributed by atoms with Gasteiger partial charge in [0, 0.05) is 77.2 Å². The Morgan fingerprint density at radius 3 is 2.35 bits per heavy atom. The summed E-state index contributed by atoms with van der Waals surface area (Å²) in [4.78, 5) is 4.47. The number of nitrogens with zero attached hydrogens (tertiary/aromatic N) is 4. The molecule has 2 saturated carbocycles. The second kappa shape index (κ2) is 22.2. The zero-order valence-corrected chi connectivity index (χ0v) is 45.6. The number of likely N-dealkylation sites (tertiary alicyclic amines) is 1. The van der Waals surface area contributed by atoms with E-state index < -0.39 is 17.5 Å². The average molecular weight is 1050 g/mol. The van der Waals surface area contributed by atoms with E-state index >= 15 is 17.6 Å². The van der Waals surface area contributed by atoms with Crippen LogP contribution in [0.4, 0.5) is 23.4 Å². The minimum atomic E-state index is -0.525. The third kappa shape index (κ3) is 10.5. The minimum absolute atomic E-state index is 0.0428. The van der Waals surface area contributed by atoms with Gasteiger partial charge in [-0.25, -0.2) is 17.6 Å². The SMILES string of the molecule is C/C=C(\N)c1ccc(CCC)c(F)c1-c1c(Cl)c(F)cc2c1CC(C)(c1ccccc1)C2.C=CNCCC(CCC12CCC(NC)(CC1)C2)N1CCC(c2c(F)cc3c(N4CCC(=C)NC4=C)nn(C)c3c2F)CC1.